The van der Waals surface area contributed by atoms with Crippen molar-refractivity contribution in [2.75, 3.05) is 0 Å². The molecule has 104 valence electrons. The first-order valence-corrected chi connectivity index (χ1v) is 7.24. The molecule has 3 heteroatoms. The SMILES string of the molecule is CC1(C)Cc2cc(Oc3ccc(CCl)cc3)ccc2O1. The zero-order valence-electron chi connectivity index (χ0n) is 11.7. The highest BCUT2D eigenvalue weighted by Gasteiger charge is 2.30. The van der Waals surface area contributed by atoms with Gasteiger partial charge in [0.05, 0.1) is 0 Å². The summed E-state index contributed by atoms with van der Waals surface area (Å²) in [5.74, 6) is 3.13. The Morgan fingerprint density at radius 3 is 2.50 bits per heavy atom. The topological polar surface area (TPSA) is 18.5 Å². The van der Waals surface area contributed by atoms with Crippen molar-refractivity contribution >= 4 is 11.6 Å². The van der Waals surface area contributed by atoms with Crippen molar-refractivity contribution in [3.63, 3.8) is 0 Å². The molecule has 2 aromatic carbocycles. The summed E-state index contributed by atoms with van der Waals surface area (Å²) in [5.41, 5.74) is 2.16. The number of rotatable bonds is 3. The molecule has 1 heterocycles. The summed E-state index contributed by atoms with van der Waals surface area (Å²) >= 11 is 5.78. The average Bonchev–Trinajstić information content (AvgIpc) is 2.73. The van der Waals surface area contributed by atoms with Crippen LogP contribution in [0.2, 0.25) is 0 Å². The van der Waals surface area contributed by atoms with Gasteiger partial charge in [0.15, 0.2) is 0 Å². The molecule has 2 nitrogen and oxygen atoms in total. The van der Waals surface area contributed by atoms with Gasteiger partial charge in [0.1, 0.15) is 22.8 Å². The first-order chi connectivity index (χ1) is 9.55. The molecular weight excluding hydrogens is 272 g/mol. The molecule has 0 aromatic heterocycles. The van der Waals surface area contributed by atoms with Crippen LogP contribution in [0.25, 0.3) is 0 Å². The van der Waals surface area contributed by atoms with Crippen LogP contribution in [0.5, 0.6) is 17.2 Å². The minimum Gasteiger partial charge on any atom is -0.487 e. The van der Waals surface area contributed by atoms with Crippen LogP contribution in [0.3, 0.4) is 0 Å². The van der Waals surface area contributed by atoms with Crippen LogP contribution >= 0.6 is 11.6 Å². The molecule has 1 aliphatic rings. The van der Waals surface area contributed by atoms with Gasteiger partial charge in [0.2, 0.25) is 0 Å². The lowest BCUT2D eigenvalue weighted by atomic mass is 10.0. The van der Waals surface area contributed by atoms with E-state index in [1.54, 1.807) is 0 Å². The van der Waals surface area contributed by atoms with Gasteiger partial charge in [-0.15, -0.1) is 11.6 Å². The maximum Gasteiger partial charge on any atom is 0.127 e. The molecule has 2 aromatic rings. The number of fused-ring (bicyclic) bond motifs is 1. The van der Waals surface area contributed by atoms with Crippen molar-refractivity contribution in [3.05, 3.63) is 53.6 Å². The van der Waals surface area contributed by atoms with E-state index in [-0.39, 0.29) is 5.60 Å². The van der Waals surface area contributed by atoms with Gasteiger partial charge in [-0.05, 0) is 49.7 Å². The second-order valence-corrected chi connectivity index (χ2v) is 5.95. The molecule has 0 saturated heterocycles. The molecule has 20 heavy (non-hydrogen) atoms. The van der Waals surface area contributed by atoms with Crippen LogP contribution in [0.15, 0.2) is 42.5 Å². The van der Waals surface area contributed by atoms with E-state index in [1.165, 1.54) is 5.56 Å². The summed E-state index contributed by atoms with van der Waals surface area (Å²) in [6.45, 7) is 4.19. The van der Waals surface area contributed by atoms with E-state index < -0.39 is 0 Å². The number of halogens is 1. The lowest BCUT2D eigenvalue weighted by molar-refractivity contribution is 0.138. The normalized spacial score (nSPS) is 15.6. The minimum atomic E-state index is -0.122. The average molecular weight is 289 g/mol. The number of benzene rings is 2. The molecule has 0 saturated carbocycles. The van der Waals surface area contributed by atoms with Gasteiger partial charge in [-0.2, -0.15) is 0 Å². The lowest BCUT2D eigenvalue weighted by Crippen LogP contribution is -2.24. The molecule has 0 atom stereocenters. The molecule has 0 amide bonds. The second-order valence-electron chi connectivity index (χ2n) is 5.69. The highest BCUT2D eigenvalue weighted by molar-refractivity contribution is 6.17. The number of hydrogen-bond donors (Lipinski definition) is 0. The zero-order valence-corrected chi connectivity index (χ0v) is 12.4. The Morgan fingerprint density at radius 1 is 1.10 bits per heavy atom. The molecule has 0 fully saturated rings. The molecule has 0 N–H and O–H groups in total. The highest BCUT2D eigenvalue weighted by Crippen LogP contribution is 2.37. The summed E-state index contributed by atoms with van der Waals surface area (Å²) in [6, 6.07) is 13.8. The van der Waals surface area contributed by atoms with E-state index in [0.717, 1.165) is 29.2 Å². The predicted octanol–water partition coefficient (Wildman–Crippen LogP) is 4.93. The third-order valence-corrected chi connectivity index (χ3v) is 3.66. The number of alkyl halides is 1. The third kappa shape index (κ3) is 2.75. The maximum atomic E-state index is 5.87. The van der Waals surface area contributed by atoms with Crippen LogP contribution in [0.4, 0.5) is 0 Å². The molecule has 3 rings (SSSR count). The molecule has 0 unspecified atom stereocenters. The van der Waals surface area contributed by atoms with Crippen LogP contribution in [-0.2, 0) is 12.3 Å². The Morgan fingerprint density at radius 2 is 1.80 bits per heavy atom. The van der Waals surface area contributed by atoms with E-state index in [2.05, 4.69) is 19.9 Å². The van der Waals surface area contributed by atoms with Crippen molar-refractivity contribution < 1.29 is 9.47 Å². The molecular formula is C17H17ClO2. The summed E-state index contributed by atoms with van der Waals surface area (Å²) in [4.78, 5) is 0. The molecule has 0 aliphatic carbocycles. The summed E-state index contributed by atoms with van der Waals surface area (Å²) in [7, 11) is 0. The second kappa shape index (κ2) is 5.02. The largest absolute Gasteiger partial charge is 0.487 e. The molecule has 1 aliphatic heterocycles. The van der Waals surface area contributed by atoms with E-state index >= 15 is 0 Å². The fourth-order valence-electron chi connectivity index (χ4n) is 2.43. The Balaban J connectivity index is 1.79. The quantitative estimate of drug-likeness (QED) is 0.746. The van der Waals surface area contributed by atoms with E-state index in [9.17, 15) is 0 Å². The summed E-state index contributed by atoms with van der Waals surface area (Å²) < 4.78 is 11.7. The first-order valence-electron chi connectivity index (χ1n) is 6.70. The van der Waals surface area contributed by atoms with Crippen molar-refractivity contribution in [3.8, 4) is 17.2 Å². The smallest absolute Gasteiger partial charge is 0.127 e. The Labute approximate surface area is 124 Å². The van der Waals surface area contributed by atoms with Crippen molar-refractivity contribution in [2.45, 2.75) is 31.7 Å². The Bertz CT molecular complexity index is 617. The summed E-state index contributed by atoms with van der Waals surface area (Å²) in [6.07, 6.45) is 0.907. The van der Waals surface area contributed by atoms with Gasteiger partial charge in [0.25, 0.3) is 0 Å². The monoisotopic (exact) mass is 288 g/mol. The van der Waals surface area contributed by atoms with Crippen LogP contribution in [0, 0.1) is 0 Å². The van der Waals surface area contributed by atoms with Crippen LogP contribution in [-0.4, -0.2) is 5.60 Å². The maximum absolute atomic E-state index is 5.87. The fraction of sp³-hybridized carbons (Fsp3) is 0.294. The van der Waals surface area contributed by atoms with Gasteiger partial charge in [0, 0.05) is 17.9 Å². The van der Waals surface area contributed by atoms with E-state index in [0.29, 0.717) is 5.88 Å². The van der Waals surface area contributed by atoms with E-state index in [1.807, 2.05) is 36.4 Å². The van der Waals surface area contributed by atoms with Crippen molar-refractivity contribution in [2.24, 2.45) is 0 Å². The Kier molecular flexibility index (Phi) is 3.35. The standard InChI is InChI=1S/C17H17ClO2/c1-17(2)10-13-9-15(7-8-16(13)20-17)19-14-5-3-12(11-18)4-6-14/h3-9H,10-11H2,1-2H3. The van der Waals surface area contributed by atoms with Crippen LogP contribution < -0.4 is 9.47 Å². The van der Waals surface area contributed by atoms with Gasteiger partial charge in [-0.3, -0.25) is 0 Å². The molecule has 0 bridgehead atoms. The minimum absolute atomic E-state index is 0.122. The van der Waals surface area contributed by atoms with Gasteiger partial charge < -0.3 is 9.47 Å². The van der Waals surface area contributed by atoms with Crippen molar-refractivity contribution in [1.82, 2.24) is 0 Å². The Hall–Kier alpha value is -1.67. The van der Waals surface area contributed by atoms with Crippen molar-refractivity contribution in [1.29, 1.82) is 0 Å². The third-order valence-electron chi connectivity index (χ3n) is 3.35. The lowest BCUT2D eigenvalue weighted by Gasteiger charge is -2.16. The van der Waals surface area contributed by atoms with Gasteiger partial charge >= 0.3 is 0 Å². The predicted molar refractivity (Wildman–Crippen MR) is 80.9 cm³/mol. The fourth-order valence-corrected chi connectivity index (χ4v) is 2.61. The summed E-state index contributed by atoms with van der Waals surface area (Å²) in [5, 5.41) is 0. The van der Waals surface area contributed by atoms with E-state index in [4.69, 9.17) is 21.1 Å². The zero-order chi connectivity index (χ0) is 14.2. The van der Waals surface area contributed by atoms with Gasteiger partial charge in [-0.25, -0.2) is 0 Å². The molecule has 0 spiro atoms. The highest BCUT2D eigenvalue weighted by atomic mass is 35.5. The molecule has 0 radical (unpaired) electrons. The van der Waals surface area contributed by atoms with Crippen LogP contribution in [0.1, 0.15) is 25.0 Å². The number of hydrogen-bond acceptors (Lipinski definition) is 2. The number of ether oxygens (including phenoxy) is 2. The van der Waals surface area contributed by atoms with Gasteiger partial charge in [-0.1, -0.05) is 12.1 Å². The first kappa shape index (κ1) is 13.3.